The van der Waals surface area contributed by atoms with Gasteiger partial charge in [0.25, 0.3) is 10.0 Å². The van der Waals surface area contributed by atoms with E-state index < -0.39 is 15.6 Å². The Labute approximate surface area is 215 Å². The van der Waals surface area contributed by atoms with Crippen LogP contribution in [0.25, 0.3) is 16.6 Å². The molecule has 0 bridgehead atoms. The fourth-order valence-corrected chi connectivity index (χ4v) is 6.38. The highest BCUT2D eigenvalue weighted by Crippen LogP contribution is 2.33. The summed E-state index contributed by atoms with van der Waals surface area (Å²) in [4.78, 5) is 3.79. The number of fused-ring (bicyclic) bond motifs is 1. The summed E-state index contributed by atoms with van der Waals surface area (Å²) >= 11 is 0. The lowest BCUT2D eigenvalue weighted by molar-refractivity contribution is 0.329. The Hall–Kier alpha value is -3.31. The zero-order chi connectivity index (χ0) is 25.8. The van der Waals surface area contributed by atoms with Crippen molar-refractivity contribution in [3.63, 3.8) is 0 Å². The smallest absolute Gasteiger partial charge is 0.262 e. The van der Waals surface area contributed by atoms with Gasteiger partial charge in [-0.3, -0.25) is 0 Å². The molecule has 0 radical (unpaired) electrons. The van der Waals surface area contributed by atoms with Gasteiger partial charge >= 0.3 is 0 Å². The fraction of sp³-hybridized carbons (Fsp3) is 0.423. The molecule has 0 unspecified atom stereocenters. The number of aryl methyl sites for hydroxylation is 1. The van der Waals surface area contributed by atoms with Gasteiger partial charge in [-0.15, -0.1) is 5.10 Å². The predicted molar refractivity (Wildman–Crippen MR) is 139 cm³/mol. The molecule has 6 rings (SSSR count). The molecular formula is C26H30FN7O2S. The molecule has 0 amide bonds. The molecule has 11 heteroatoms. The van der Waals surface area contributed by atoms with Crippen molar-refractivity contribution in [3.05, 3.63) is 60.2 Å². The Bertz CT molecular complexity index is 1550. The molecule has 37 heavy (non-hydrogen) atoms. The van der Waals surface area contributed by atoms with E-state index >= 15 is 0 Å². The first-order valence-electron chi connectivity index (χ1n) is 12.6. The van der Waals surface area contributed by atoms with Crippen molar-refractivity contribution < 1.29 is 12.8 Å². The Morgan fingerprint density at radius 2 is 1.81 bits per heavy atom. The molecule has 1 aliphatic carbocycles. The van der Waals surface area contributed by atoms with Crippen LogP contribution in [0.2, 0.25) is 0 Å². The van der Waals surface area contributed by atoms with E-state index in [9.17, 15) is 12.8 Å². The third-order valence-electron chi connectivity index (χ3n) is 7.45. The average Bonchev–Trinajstić information content (AvgIpc) is 3.37. The zero-order valence-corrected chi connectivity index (χ0v) is 21.7. The second kappa shape index (κ2) is 8.91. The fourth-order valence-electron chi connectivity index (χ4n) is 5.04. The van der Waals surface area contributed by atoms with Gasteiger partial charge in [-0.2, -0.15) is 15.0 Å². The Kier molecular flexibility index (Phi) is 5.79. The molecule has 0 spiro atoms. The lowest BCUT2D eigenvalue weighted by atomic mass is 9.90. The highest BCUT2D eigenvalue weighted by molar-refractivity contribution is 7.89. The Morgan fingerprint density at radius 3 is 2.51 bits per heavy atom. The third-order valence-corrected chi connectivity index (χ3v) is 8.95. The quantitative estimate of drug-likeness (QED) is 0.396. The van der Waals surface area contributed by atoms with Crippen LogP contribution in [0.4, 0.5) is 10.1 Å². The molecule has 9 nitrogen and oxygen atoms in total. The van der Waals surface area contributed by atoms with Crippen molar-refractivity contribution in [1.29, 1.82) is 0 Å². The molecule has 2 fully saturated rings. The van der Waals surface area contributed by atoms with E-state index in [4.69, 9.17) is 0 Å². The van der Waals surface area contributed by atoms with E-state index in [0.717, 1.165) is 40.7 Å². The first-order chi connectivity index (χ1) is 17.7. The van der Waals surface area contributed by atoms with Crippen LogP contribution in [0, 0.1) is 18.7 Å². The van der Waals surface area contributed by atoms with Crippen molar-refractivity contribution in [2.45, 2.75) is 56.6 Å². The van der Waals surface area contributed by atoms with E-state index in [0.29, 0.717) is 38.4 Å². The minimum absolute atomic E-state index is 0.0173. The molecule has 194 valence electrons. The maximum Gasteiger partial charge on any atom is 0.262 e. The number of hydrogen-bond acceptors (Lipinski definition) is 6. The maximum absolute atomic E-state index is 13.4. The van der Waals surface area contributed by atoms with E-state index in [1.54, 1.807) is 12.1 Å². The number of hydrogen-bond donors (Lipinski definition) is 1. The standard InChI is InChI=1S/C26H30FN7O2S/c1-18-13-24-20(15-29-34(24)22-7-5-21(27)6-8-22)14-23(18)32-11-9-26(2,10-12-32)31-37(35,36)25-16-28-33(30-25)17-19-3-4-19/h5-8,13-16,19,31H,3-4,9-12,17H2,1-2H3. The summed E-state index contributed by atoms with van der Waals surface area (Å²) < 4.78 is 44.2. The van der Waals surface area contributed by atoms with Crippen molar-refractivity contribution >= 4 is 26.6 Å². The van der Waals surface area contributed by atoms with Gasteiger partial charge in [0, 0.05) is 29.7 Å². The van der Waals surface area contributed by atoms with Gasteiger partial charge in [0.2, 0.25) is 5.03 Å². The van der Waals surface area contributed by atoms with Crippen LogP contribution in [0.15, 0.2) is 53.8 Å². The number of anilines is 1. The van der Waals surface area contributed by atoms with E-state index in [-0.39, 0.29) is 10.8 Å². The largest absolute Gasteiger partial charge is 0.371 e. The Morgan fingerprint density at radius 1 is 1.08 bits per heavy atom. The molecule has 3 heterocycles. The summed E-state index contributed by atoms with van der Waals surface area (Å²) in [6.07, 6.45) is 6.79. The van der Waals surface area contributed by atoms with Crippen LogP contribution in [0.5, 0.6) is 0 Å². The average molecular weight is 524 g/mol. The summed E-state index contributed by atoms with van der Waals surface area (Å²) in [5, 5.41) is 13.9. The van der Waals surface area contributed by atoms with Gasteiger partial charge in [-0.05, 0) is 87.4 Å². The topological polar surface area (TPSA) is 97.9 Å². The van der Waals surface area contributed by atoms with Gasteiger partial charge in [0.1, 0.15) is 5.82 Å². The molecule has 4 aromatic rings. The highest BCUT2D eigenvalue weighted by atomic mass is 32.2. The molecule has 1 saturated carbocycles. The molecule has 2 aromatic carbocycles. The summed E-state index contributed by atoms with van der Waals surface area (Å²) in [5.41, 5.74) is 3.41. The summed E-state index contributed by atoms with van der Waals surface area (Å²) in [5.74, 6) is 0.288. The Balaban J connectivity index is 1.16. The van der Waals surface area contributed by atoms with Gasteiger partial charge < -0.3 is 4.90 Å². The monoisotopic (exact) mass is 523 g/mol. The minimum Gasteiger partial charge on any atom is -0.371 e. The van der Waals surface area contributed by atoms with Crippen LogP contribution < -0.4 is 9.62 Å². The number of halogens is 1. The van der Waals surface area contributed by atoms with Gasteiger partial charge in [-0.25, -0.2) is 22.2 Å². The van der Waals surface area contributed by atoms with E-state index in [1.807, 2.05) is 17.8 Å². The lowest BCUT2D eigenvalue weighted by Crippen LogP contribution is -2.53. The lowest BCUT2D eigenvalue weighted by Gasteiger charge is -2.41. The van der Waals surface area contributed by atoms with Crippen LogP contribution in [0.3, 0.4) is 0 Å². The minimum atomic E-state index is -3.76. The summed E-state index contributed by atoms with van der Waals surface area (Å²) in [7, 11) is -3.76. The highest BCUT2D eigenvalue weighted by Gasteiger charge is 2.36. The first kappa shape index (κ1) is 24.1. The maximum atomic E-state index is 13.4. The number of aromatic nitrogens is 5. The van der Waals surface area contributed by atoms with Gasteiger partial charge in [0.15, 0.2) is 0 Å². The van der Waals surface area contributed by atoms with Crippen molar-refractivity contribution in [2.24, 2.45) is 5.92 Å². The first-order valence-corrected chi connectivity index (χ1v) is 14.1. The summed E-state index contributed by atoms with van der Waals surface area (Å²) in [6, 6.07) is 10.5. The molecule has 1 saturated heterocycles. The predicted octanol–water partition coefficient (Wildman–Crippen LogP) is 3.81. The molecule has 1 aliphatic heterocycles. The van der Waals surface area contributed by atoms with Crippen molar-refractivity contribution in [1.82, 2.24) is 29.5 Å². The summed E-state index contributed by atoms with van der Waals surface area (Å²) in [6.45, 7) is 6.13. The normalized spacial score (nSPS) is 18.0. The zero-order valence-electron chi connectivity index (χ0n) is 20.9. The SMILES string of the molecule is Cc1cc2c(cnn2-c2ccc(F)cc2)cc1N1CCC(C)(NS(=O)(=O)c2cnn(CC3CC3)n2)CC1. The molecule has 1 N–H and O–H groups in total. The van der Waals surface area contributed by atoms with Gasteiger partial charge in [-0.1, -0.05) is 0 Å². The second-order valence-corrected chi connectivity index (χ2v) is 12.2. The molecule has 2 aromatic heterocycles. The number of benzene rings is 2. The van der Waals surface area contributed by atoms with Crippen LogP contribution in [-0.2, 0) is 16.6 Å². The second-order valence-electron chi connectivity index (χ2n) is 10.6. The van der Waals surface area contributed by atoms with Crippen LogP contribution in [0.1, 0.15) is 38.2 Å². The van der Waals surface area contributed by atoms with Crippen molar-refractivity contribution in [2.75, 3.05) is 18.0 Å². The molecule has 0 atom stereocenters. The third kappa shape index (κ3) is 4.85. The number of nitrogens with one attached hydrogen (secondary N) is 1. The van der Waals surface area contributed by atoms with E-state index in [2.05, 4.69) is 44.0 Å². The number of nitrogens with zero attached hydrogens (tertiary/aromatic N) is 6. The van der Waals surface area contributed by atoms with Gasteiger partial charge in [0.05, 0.1) is 30.1 Å². The van der Waals surface area contributed by atoms with Crippen LogP contribution in [-0.4, -0.2) is 51.8 Å². The molecular weight excluding hydrogens is 493 g/mol. The number of piperidine rings is 1. The number of rotatable bonds is 7. The number of sulfonamides is 1. The van der Waals surface area contributed by atoms with E-state index in [1.165, 1.54) is 23.1 Å². The van der Waals surface area contributed by atoms with Crippen LogP contribution >= 0.6 is 0 Å². The molecule has 2 aliphatic rings. The van der Waals surface area contributed by atoms with Crippen molar-refractivity contribution in [3.8, 4) is 5.69 Å².